The number of aliphatic hydroxyl groups excluding tert-OH is 2. The van der Waals surface area contributed by atoms with E-state index >= 15 is 0 Å². The molecule has 19 heavy (non-hydrogen) atoms. The van der Waals surface area contributed by atoms with Gasteiger partial charge < -0.3 is 15.5 Å². The molecule has 0 fully saturated rings. The SMILES string of the molecule is CC(CO)(CO)NC(=O)c1ccc2ncccc2c1. The predicted octanol–water partition coefficient (Wildman–Crippen LogP) is 0.708. The number of hydrogen-bond acceptors (Lipinski definition) is 4. The first kappa shape index (κ1) is 13.5. The molecule has 1 aromatic heterocycles. The molecule has 0 bridgehead atoms. The van der Waals surface area contributed by atoms with Crippen LogP contribution in [0.3, 0.4) is 0 Å². The van der Waals surface area contributed by atoms with Gasteiger partial charge in [-0.15, -0.1) is 0 Å². The molecule has 0 atom stereocenters. The van der Waals surface area contributed by atoms with Gasteiger partial charge in [0.25, 0.3) is 5.91 Å². The van der Waals surface area contributed by atoms with Crippen molar-refractivity contribution in [3.05, 3.63) is 42.1 Å². The number of benzene rings is 1. The van der Waals surface area contributed by atoms with Gasteiger partial charge in [-0.25, -0.2) is 0 Å². The van der Waals surface area contributed by atoms with Crippen LogP contribution in [0.2, 0.25) is 0 Å². The molecule has 5 nitrogen and oxygen atoms in total. The highest BCUT2D eigenvalue weighted by atomic mass is 16.3. The van der Waals surface area contributed by atoms with Crippen molar-refractivity contribution in [2.24, 2.45) is 0 Å². The highest BCUT2D eigenvalue weighted by molar-refractivity contribution is 5.98. The fourth-order valence-corrected chi connectivity index (χ4v) is 1.69. The normalized spacial score (nSPS) is 11.5. The van der Waals surface area contributed by atoms with Gasteiger partial charge in [0.2, 0.25) is 0 Å². The lowest BCUT2D eigenvalue weighted by Gasteiger charge is -2.26. The van der Waals surface area contributed by atoms with Crippen molar-refractivity contribution in [3.8, 4) is 0 Å². The van der Waals surface area contributed by atoms with E-state index in [1.54, 1.807) is 37.4 Å². The maximum absolute atomic E-state index is 12.1. The molecule has 3 N–H and O–H groups in total. The van der Waals surface area contributed by atoms with Crippen LogP contribution in [0.5, 0.6) is 0 Å². The summed E-state index contributed by atoms with van der Waals surface area (Å²) < 4.78 is 0. The molecule has 1 amide bonds. The van der Waals surface area contributed by atoms with E-state index in [-0.39, 0.29) is 19.1 Å². The summed E-state index contributed by atoms with van der Waals surface area (Å²) in [5, 5.41) is 21.8. The second kappa shape index (κ2) is 5.34. The first-order chi connectivity index (χ1) is 9.08. The van der Waals surface area contributed by atoms with Crippen LogP contribution >= 0.6 is 0 Å². The number of aromatic nitrogens is 1. The lowest BCUT2D eigenvalue weighted by Crippen LogP contribution is -2.51. The fourth-order valence-electron chi connectivity index (χ4n) is 1.69. The zero-order valence-corrected chi connectivity index (χ0v) is 10.6. The van der Waals surface area contributed by atoms with Crippen LogP contribution in [0.15, 0.2) is 36.5 Å². The van der Waals surface area contributed by atoms with E-state index in [0.717, 1.165) is 10.9 Å². The number of pyridine rings is 1. The highest BCUT2D eigenvalue weighted by Gasteiger charge is 2.25. The van der Waals surface area contributed by atoms with Gasteiger partial charge in [-0.2, -0.15) is 0 Å². The Bertz CT molecular complexity index is 594. The average molecular weight is 260 g/mol. The molecule has 0 spiro atoms. The zero-order chi connectivity index (χ0) is 13.9. The summed E-state index contributed by atoms with van der Waals surface area (Å²) >= 11 is 0. The van der Waals surface area contributed by atoms with Gasteiger partial charge in [0.15, 0.2) is 0 Å². The van der Waals surface area contributed by atoms with Crippen LogP contribution in [0.25, 0.3) is 10.9 Å². The van der Waals surface area contributed by atoms with Crippen molar-refractivity contribution >= 4 is 16.8 Å². The summed E-state index contributed by atoms with van der Waals surface area (Å²) in [6.45, 7) is 0.919. The second-order valence-electron chi connectivity index (χ2n) is 4.74. The monoisotopic (exact) mass is 260 g/mol. The smallest absolute Gasteiger partial charge is 0.251 e. The summed E-state index contributed by atoms with van der Waals surface area (Å²) in [7, 11) is 0. The lowest BCUT2D eigenvalue weighted by atomic mass is 10.0. The molecule has 1 heterocycles. The molecule has 100 valence electrons. The first-order valence-corrected chi connectivity index (χ1v) is 5.97. The number of amides is 1. The summed E-state index contributed by atoms with van der Waals surface area (Å²) in [6.07, 6.45) is 1.69. The Balaban J connectivity index is 2.26. The van der Waals surface area contributed by atoms with Crippen LogP contribution in [-0.2, 0) is 0 Å². The Hall–Kier alpha value is -1.98. The molecule has 0 saturated carbocycles. The third-order valence-corrected chi connectivity index (χ3v) is 2.98. The minimum Gasteiger partial charge on any atom is -0.394 e. The Labute approximate surface area is 110 Å². The Kier molecular flexibility index (Phi) is 3.78. The van der Waals surface area contributed by atoms with Gasteiger partial charge in [0.05, 0.1) is 24.3 Å². The maximum Gasteiger partial charge on any atom is 0.251 e. The molecule has 0 saturated heterocycles. The number of carbonyl (C=O) groups is 1. The molecule has 0 unspecified atom stereocenters. The van der Waals surface area contributed by atoms with E-state index in [0.29, 0.717) is 5.56 Å². The van der Waals surface area contributed by atoms with Crippen LogP contribution in [0.4, 0.5) is 0 Å². The van der Waals surface area contributed by atoms with Crippen molar-refractivity contribution < 1.29 is 15.0 Å². The average Bonchev–Trinajstić information content (AvgIpc) is 2.46. The topological polar surface area (TPSA) is 82.5 Å². The molecular weight excluding hydrogens is 244 g/mol. The summed E-state index contributed by atoms with van der Waals surface area (Å²) in [5.41, 5.74) is 0.251. The molecule has 2 rings (SSSR count). The fraction of sp³-hybridized carbons (Fsp3) is 0.286. The molecule has 0 radical (unpaired) electrons. The summed E-state index contributed by atoms with van der Waals surface area (Å²) in [6, 6.07) is 8.83. The number of fused-ring (bicyclic) bond motifs is 1. The lowest BCUT2D eigenvalue weighted by molar-refractivity contribution is 0.0724. The van der Waals surface area contributed by atoms with Crippen molar-refractivity contribution in [1.82, 2.24) is 10.3 Å². The number of hydrogen-bond donors (Lipinski definition) is 3. The summed E-state index contributed by atoms with van der Waals surface area (Å²) in [4.78, 5) is 16.2. The largest absolute Gasteiger partial charge is 0.394 e. The van der Waals surface area contributed by atoms with E-state index < -0.39 is 5.54 Å². The Morgan fingerprint density at radius 2 is 2.05 bits per heavy atom. The van der Waals surface area contributed by atoms with Crippen LogP contribution in [-0.4, -0.2) is 39.9 Å². The van der Waals surface area contributed by atoms with Crippen LogP contribution in [0, 0.1) is 0 Å². The number of carbonyl (C=O) groups excluding carboxylic acids is 1. The van der Waals surface area contributed by atoms with E-state index in [2.05, 4.69) is 10.3 Å². The van der Waals surface area contributed by atoms with Crippen molar-refractivity contribution in [1.29, 1.82) is 0 Å². The van der Waals surface area contributed by atoms with Gasteiger partial charge in [-0.1, -0.05) is 6.07 Å². The maximum atomic E-state index is 12.1. The Morgan fingerprint density at radius 1 is 1.32 bits per heavy atom. The molecule has 2 aromatic rings. The number of aliphatic hydroxyl groups is 2. The third kappa shape index (κ3) is 2.89. The summed E-state index contributed by atoms with van der Waals surface area (Å²) in [5.74, 6) is -0.337. The second-order valence-corrected chi connectivity index (χ2v) is 4.74. The number of rotatable bonds is 4. The highest BCUT2D eigenvalue weighted by Crippen LogP contribution is 2.14. The quantitative estimate of drug-likeness (QED) is 0.756. The Morgan fingerprint density at radius 3 is 2.74 bits per heavy atom. The number of nitrogens with one attached hydrogen (secondary N) is 1. The van der Waals surface area contributed by atoms with Gasteiger partial charge in [-0.05, 0) is 31.2 Å². The standard InChI is InChI=1S/C14H16N2O3/c1-14(8-17,9-18)16-13(19)11-4-5-12-10(7-11)3-2-6-15-12/h2-7,17-18H,8-9H2,1H3,(H,16,19). The van der Waals surface area contributed by atoms with Gasteiger partial charge in [0, 0.05) is 17.1 Å². The number of nitrogens with zero attached hydrogens (tertiary/aromatic N) is 1. The van der Waals surface area contributed by atoms with Gasteiger partial charge >= 0.3 is 0 Å². The molecular formula is C14H16N2O3. The van der Waals surface area contributed by atoms with Crippen LogP contribution in [0.1, 0.15) is 17.3 Å². The van der Waals surface area contributed by atoms with Gasteiger partial charge in [0.1, 0.15) is 0 Å². The van der Waals surface area contributed by atoms with Crippen molar-refractivity contribution in [2.45, 2.75) is 12.5 Å². The third-order valence-electron chi connectivity index (χ3n) is 2.98. The van der Waals surface area contributed by atoms with E-state index in [1.165, 1.54) is 0 Å². The molecule has 0 aliphatic rings. The van der Waals surface area contributed by atoms with E-state index in [4.69, 9.17) is 10.2 Å². The first-order valence-electron chi connectivity index (χ1n) is 5.97. The van der Waals surface area contributed by atoms with E-state index in [1.807, 2.05) is 6.07 Å². The minimum absolute atomic E-state index is 0.329. The molecule has 1 aromatic carbocycles. The van der Waals surface area contributed by atoms with E-state index in [9.17, 15) is 4.79 Å². The zero-order valence-electron chi connectivity index (χ0n) is 10.6. The van der Waals surface area contributed by atoms with Crippen molar-refractivity contribution in [3.63, 3.8) is 0 Å². The van der Waals surface area contributed by atoms with Crippen molar-refractivity contribution in [2.75, 3.05) is 13.2 Å². The molecule has 0 aliphatic carbocycles. The molecule has 5 heteroatoms. The minimum atomic E-state index is -1.03. The van der Waals surface area contributed by atoms with Crippen LogP contribution < -0.4 is 5.32 Å². The predicted molar refractivity (Wildman–Crippen MR) is 71.8 cm³/mol. The van der Waals surface area contributed by atoms with Gasteiger partial charge in [-0.3, -0.25) is 9.78 Å². The molecule has 0 aliphatic heterocycles.